The van der Waals surface area contributed by atoms with Crippen molar-refractivity contribution >= 4 is 10.8 Å². The van der Waals surface area contributed by atoms with Gasteiger partial charge in [-0.3, -0.25) is 0 Å². The zero-order chi connectivity index (χ0) is 24.6. The minimum atomic E-state index is -0.675. The van der Waals surface area contributed by atoms with E-state index >= 15 is 0 Å². The summed E-state index contributed by atoms with van der Waals surface area (Å²) in [4.78, 5) is 0. The number of aryl methyl sites for hydroxylation is 2. The van der Waals surface area contributed by atoms with Crippen molar-refractivity contribution in [3.63, 3.8) is 0 Å². The van der Waals surface area contributed by atoms with Gasteiger partial charge in [-0.1, -0.05) is 55.9 Å². The third kappa shape index (κ3) is 6.67. The Morgan fingerprint density at radius 1 is 0.686 bits per heavy atom. The van der Waals surface area contributed by atoms with Crippen LogP contribution in [0.15, 0.2) is 72.8 Å². The van der Waals surface area contributed by atoms with E-state index in [1.54, 1.807) is 24.3 Å². The largest absolute Gasteiger partial charge is 0.494 e. The Balaban J connectivity index is 1.40. The van der Waals surface area contributed by atoms with Crippen LogP contribution in [0, 0.1) is 29.3 Å². The number of benzene rings is 4. The molecule has 0 aromatic heterocycles. The van der Waals surface area contributed by atoms with Crippen molar-refractivity contribution in [1.29, 1.82) is 0 Å². The molecular formula is C31H27F3O. The molecule has 0 saturated carbocycles. The first-order valence-corrected chi connectivity index (χ1v) is 11.9. The van der Waals surface area contributed by atoms with Gasteiger partial charge < -0.3 is 4.74 Å². The Kier molecular flexibility index (Phi) is 8.11. The molecule has 0 atom stereocenters. The molecular weight excluding hydrogens is 445 g/mol. The Morgan fingerprint density at radius 2 is 1.37 bits per heavy atom. The Labute approximate surface area is 204 Å². The summed E-state index contributed by atoms with van der Waals surface area (Å²) in [5.74, 6) is 4.61. The fraction of sp³-hybridized carbons (Fsp3) is 0.226. The van der Waals surface area contributed by atoms with Crippen molar-refractivity contribution in [3.8, 4) is 17.6 Å². The molecule has 0 N–H and O–H groups in total. The topological polar surface area (TPSA) is 9.23 Å². The first-order valence-electron chi connectivity index (χ1n) is 11.9. The first kappa shape index (κ1) is 24.4. The van der Waals surface area contributed by atoms with Gasteiger partial charge >= 0.3 is 0 Å². The maximum atomic E-state index is 14.7. The van der Waals surface area contributed by atoms with Gasteiger partial charge in [-0.25, -0.2) is 13.2 Å². The van der Waals surface area contributed by atoms with Crippen molar-refractivity contribution in [1.82, 2.24) is 0 Å². The van der Waals surface area contributed by atoms with Crippen molar-refractivity contribution in [2.24, 2.45) is 0 Å². The summed E-state index contributed by atoms with van der Waals surface area (Å²) in [6.45, 7) is 2.87. The summed E-state index contributed by atoms with van der Waals surface area (Å²) in [5.41, 5.74) is 2.01. The molecule has 0 unspecified atom stereocenters. The summed E-state index contributed by atoms with van der Waals surface area (Å²) >= 11 is 0. The van der Waals surface area contributed by atoms with Crippen LogP contribution in [-0.4, -0.2) is 6.61 Å². The number of unbranched alkanes of at least 4 members (excludes halogenated alkanes) is 2. The average Bonchev–Trinajstić information content (AvgIpc) is 2.85. The van der Waals surface area contributed by atoms with Gasteiger partial charge in [0.05, 0.1) is 12.2 Å². The minimum absolute atomic E-state index is 0.252. The van der Waals surface area contributed by atoms with E-state index in [2.05, 4.69) is 18.8 Å². The molecule has 0 heterocycles. The molecule has 1 nitrogen and oxygen atoms in total. The van der Waals surface area contributed by atoms with Crippen LogP contribution < -0.4 is 4.74 Å². The molecule has 0 saturated heterocycles. The average molecular weight is 473 g/mol. The highest BCUT2D eigenvalue weighted by Crippen LogP contribution is 2.20. The summed E-state index contributed by atoms with van der Waals surface area (Å²) in [5, 5.41) is 1.55. The predicted molar refractivity (Wildman–Crippen MR) is 135 cm³/mol. The SMILES string of the molecule is CCCCCOc1ccc(CCc2cc(F)c(C#Cc3ccc4cc(F)ccc4c3)c(F)c2)cc1. The van der Waals surface area contributed by atoms with Crippen LogP contribution in [0.4, 0.5) is 13.2 Å². The van der Waals surface area contributed by atoms with Crippen LogP contribution in [0.5, 0.6) is 5.75 Å². The van der Waals surface area contributed by atoms with E-state index in [0.29, 0.717) is 30.6 Å². The van der Waals surface area contributed by atoms with Crippen LogP contribution in [0.1, 0.15) is 48.4 Å². The van der Waals surface area contributed by atoms with E-state index in [1.165, 1.54) is 24.3 Å². The quantitative estimate of drug-likeness (QED) is 0.186. The number of ether oxygens (including phenoxy) is 1. The molecule has 4 aromatic carbocycles. The van der Waals surface area contributed by atoms with Crippen LogP contribution in [0.2, 0.25) is 0 Å². The lowest BCUT2D eigenvalue weighted by atomic mass is 10.0. The number of rotatable bonds is 8. The van der Waals surface area contributed by atoms with E-state index < -0.39 is 11.6 Å². The normalized spacial score (nSPS) is 10.7. The van der Waals surface area contributed by atoms with Crippen molar-refractivity contribution in [3.05, 3.63) is 113 Å². The highest BCUT2D eigenvalue weighted by molar-refractivity contribution is 5.84. The Morgan fingerprint density at radius 3 is 2.11 bits per heavy atom. The molecule has 0 aliphatic rings. The second kappa shape index (κ2) is 11.6. The zero-order valence-electron chi connectivity index (χ0n) is 19.7. The molecule has 0 radical (unpaired) electrons. The van der Waals surface area contributed by atoms with E-state index in [4.69, 9.17) is 4.74 Å². The third-order valence-corrected chi connectivity index (χ3v) is 5.88. The van der Waals surface area contributed by atoms with E-state index in [9.17, 15) is 13.2 Å². The Bertz CT molecular complexity index is 1340. The van der Waals surface area contributed by atoms with Crippen molar-refractivity contribution in [2.45, 2.75) is 39.0 Å². The number of halogens is 3. The minimum Gasteiger partial charge on any atom is -0.494 e. The lowest BCUT2D eigenvalue weighted by Crippen LogP contribution is -1.99. The maximum Gasteiger partial charge on any atom is 0.142 e. The van der Waals surface area contributed by atoms with Gasteiger partial charge in [-0.05, 0) is 89.7 Å². The second-order valence-corrected chi connectivity index (χ2v) is 8.59. The lowest BCUT2D eigenvalue weighted by molar-refractivity contribution is 0.306. The summed E-state index contributed by atoms with van der Waals surface area (Å²) in [6, 6.07) is 20.2. The first-order chi connectivity index (χ1) is 17.0. The van der Waals surface area contributed by atoms with Gasteiger partial charge in [-0.15, -0.1) is 0 Å². The van der Waals surface area contributed by atoms with Gasteiger partial charge in [0.25, 0.3) is 0 Å². The molecule has 35 heavy (non-hydrogen) atoms. The van der Waals surface area contributed by atoms with Gasteiger partial charge in [0.15, 0.2) is 0 Å². The van der Waals surface area contributed by atoms with Gasteiger partial charge in [0, 0.05) is 5.56 Å². The van der Waals surface area contributed by atoms with Gasteiger partial charge in [0.2, 0.25) is 0 Å². The highest BCUT2D eigenvalue weighted by Gasteiger charge is 2.10. The molecule has 0 bridgehead atoms. The molecule has 4 rings (SSSR count). The van der Waals surface area contributed by atoms with Gasteiger partial charge in [-0.2, -0.15) is 0 Å². The lowest BCUT2D eigenvalue weighted by Gasteiger charge is -2.08. The maximum absolute atomic E-state index is 14.7. The van der Waals surface area contributed by atoms with Crippen molar-refractivity contribution in [2.75, 3.05) is 6.61 Å². The molecule has 178 valence electrons. The van der Waals surface area contributed by atoms with Crippen LogP contribution >= 0.6 is 0 Å². The van der Waals surface area contributed by atoms with E-state index in [0.717, 1.165) is 41.3 Å². The van der Waals surface area contributed by atoms with Crippen LogP contribution in [0.3, 0.4) is 0 Å². The smallest absolute Gasteiger partial charge is 0.142 e. The second-order valence-electron chi connectivity index (χ2n) is 8.59. The zero-order valence-corrected chi connectivity index (χ0v) is 19.7. The van der Waals surface area contributed by atoms with Crippen molar-refractivity contribution < 1.29 is 17.9 Å². The molecule has 0 fully saturated rings. The third-order valence-electron chi connectivity index (χ3n) is 5.88. The summed E-state index contributed by atoms with van der Waals surface area (Å²) < 4.78 is 48.4. The number of fused-ring (bicyclic) bond motifs is 1. The van der Waals surface area contributed by atoms with E-state index in [-0.39, 0.29) is 11.4 Å². The molecule has 0 aliphatic carbocycles. The monoisotopic (exact) mass is 472 g/mol. The molecule has 4 aromatic rings. The number of hydrogen-bond acceptors (Lipinski definition) is 1. The molecule has 0 aliphatic heterocycles. The standard InChI is InChI=1S/C31H27F3O/c1-2-3-4-17-35-28-14-8-22(9-15-28)5-6-24-19-30(33)29(31(34)20-24)16-10-23-7-11-26-21-27(32)13-12-25(26)18-23/h7-9,11-15,18-21H,2-6,17H2,1H3. The van der Waals surface area contributed by atoms with E-state index in [1.807, 2.05) is 24.3 Å². The Hall–Kier alpha value is -3.71. The predicted octanol–water partition coefficient (Wildman–Crippen LogP) is 8.01. The number of hydrogen-bond donors (Lipinski definition) is 0. The van der Waals surface area contributed by atoms with Gasteiger partial charge in [0.1, 0.15) is 23.2 Å². The van der Waals surface area contributed by atoms with Crippen LogP contribution in [0.25, 0.3) is 10.8 Å². The fourth-order valence-electron chi connectivity index (χ4n) is 3.90. The molecule has 0 amide bonds. The molecule has 0 spiro atoms. The summed E-state index contributed by atoms with van der Waals surface area (Å²) in [6.07, 6.45) is 4.53. The van der Waals surface area contributed by atoms with Crippen LogP contribution in [-0.2, 0) is 12.8 Å². The fourth-order valence-corrected chi connectivity index (χ4v) is 3.90. The molecule has 4 heteroatoms. The highest BCUT2D eigenvalue weighted by atomic mass is 19.1. The summed E-state index contributed by atoms with van der Waals surface area (Å²) in [7, 11) is 0.